The molecule has 0 atom stereocenters. The van der Waals surface area contributed by atoms with Gasteiger partial charge in [-0.3, -0.25) is 5.43 Å². The van der Waals surface area contributed by atoms with E-state index in [4.69, 9.17) is 16.3 Å². The highest BCUT2D eigenvalue weighted by atomic mass is 35.5. The van der Waals surface area contributed by atoms with Crippen LogP contribution in [0.4, 0.5) is 5.69 Å². The van der Waals surface area contributed by atoms with Crippen LogP contribution in [0.2, 0.25) is 5.02 Å². The number of aromatic nitrogens is 1. The minimum atomic E-state index is 0.217. The summed E-state index contributed by atoms with van der Waals surface area (Å²) in [6.45, 7) is 0. The normalized spacial score (nSPS) is 11.0. The molecule has 1 heterocycles. The van der Waals surface area contributed by atoms with Gasteiger partial charge < -0.3 is 4.74 Å². The summed E-state index contributed by atoms with van der Waals surface area (Å²) in [5, 5.41) is 16.6. The maximum Gasteiger partial charge on any atom is 0.196 e. The highest BCUT2D eigenvalue weighted by molar-refractivity contribution is 7.12. The molecule has 0 aliphatic carbocycles. The summed E-state index contributed by atoms with van der Waals surface area (Å²) >= 11 is 7.21. The first-order valence-corrected chi connectivity index (χ1v) is 8.55. The van der Waals surface area contributed by atoms with E-state index in [1.165, 1.54) is 11.3 Å². The van der Waals surface area contributed by atoms with Crippen molar-refractivity contribution < 1.29 is 4.74 Å². The van der Waals surface area contributed by atoms with Crippen molar-refractivity contribution in [1.82, 2.24) is 4.98 Å². The van der Waals surface area contributed by atoms with Gasteiger partial charge in [-0.05, 0) is 36.4 Å². The molecule has 0 fully saturated rings. The van der Waals surface area contributed by atoms with E-state index in [0.29, 0.717) is 10.0 Å². The zero-order valence-corrected chi connectivity index (χ0v) is 14.8. The van der Waals surface area contributed by atoms with Crippen molar-refractivity contribution in [2.24, 2.45) is 5.10 Å². The number of nitrogens with one attached hydrogen (secondary N) is 1. The van der Waals surface area contributed by atoms with Crippen molar-refractivity contribution in [3.63, 3.8) is 0 Å². The molecule has 0 saturated carbocycles. The van der Waals surface area contributed by atoms with E-state index >= 15 is 0 Å². The Kier molecular flexibility index (Phi) is 5.29. The van der Waals surface area contributed by atoms with Crippen LogP contribution < -0.4 is 10.2 Å². The van der Waals surface area contributed by atoms with Crippen LogP contribution in [0, 0.1) is 11.3 Å². The van der Waals surface area contributed by atoms with Gasteiger partial charge in [0.05, 0.1) is 18.5 Å². The molecule has 0 bridgehead atoms. The lowest BCUT2D eigenvalue weighted by Gasteiger charge is -2.01. The Morgan fingerprint density at radius 2 is 2.08 bits per heavy atom. The Hall–Kier alpha value is -2.88. The van der Waals surface area contributed by atoms with E-state index in [-0.39, 0.29) is 5.71 Å². The number of anilines is 1. The van der Waals surface area contributed by atoms with E-state index in [1.807, 2.05) is 29.6 Å². The number of rotatable bonds is 5. The summed E-state index contributed by atoms with van der Waals surface area (Å²) < 4.78 is 5.23. The van der Waals surface area contributed by atoms with Crippen molar-refractivity contribution >= 4 is 34.3 Å². The van der Waals surface area contributed by atoms with Crippen LogP contribution in [0.3, 0.4) is 0 Å². The summed E-state index contributed by atoms with van der Waals surface area (Å²) in [6.07, 6.45) is 0. The number of halogens is 1. The van der Waals surface area contributed by atoms with Crippen molar-refractivity contribution in [2.75, 3.05) is 12.5 Å². The Morgan fingerprint density at radius 1 is 1.28 bits per heavy atom. The first-order valence-electron chi connectivity index (χ1n) is 7.29. The van der Waals surface area contributed by atoms with Crippen LogP contribution in [0.15, 0.2) is 59.0 Å². The summed E-state index contributed by atoms with van der Waals surface area (Å²) in [7, 11) is 1.62. The first kappa shape index (κ1) is 17.0. The zero-order chi connectivity index (χ0) is 17.6. The van der Waals surface area contributed by atoms with Crippen LogP contribution in [-0.4, -0.2) is 17.8 Å². The highest BCUT2D eigenvalue weighted by Gasteiger charge is 2.11. The number of hydrogen-bond donors (Lipinski definition) is 1. The number of hydrogen-bond acceptors (Lipinski definition) is 6. The third kappa shape index (κ3) is 4.15. The molecule has 0 radical (unpaired) electrons. The number of nitrogens with zero attached hydrogens (tertiary/aromatic N) is 3. The van der Waals surface area contributed by atoms with Gasteiger partial charge in [-0.25, -0.2) is 4.98 Å². The molecule has 1 N–H and O–H groups in total. The van der Waals surface area contributed by atoms with Gasteiger partial charge in [-0.15, -0.1) is 11.3 Å². The molecule has 124 valence electrons. The first-order chi connectivity index (χ1) is 12.2. The average Bonchev–Trinajstić information content (AvgIpc) is 3.14. The lowest BCUT2D eigenvalue weighted by Crippen LogP contribution is -2.01. The lowest BCUT2D eigenvalue weighted by molar-refractivity contribution is 0.415. The molecule has 0 aliphatic rings. The van der Waals surface area contributed by atoms with Gasteiger partial charge in [-0.1, -0.05) is 23.7 Å². The minimum Gasteiger partial charge on any atom is -0.497 e. The van der Waals surface area contributed by atoms with Gasteiger partial charge in [0.15, 0.2) is 10.7 Å². The Balaban J connectivity index is 1.82. The van der Waals surface area contributed by atoms with E-state index < -0.39 is 0 Å². The fourth-order valence-electron chi connectivity index (χ4n) is 2.06. The SMILES string of the molecule is COc1cccc(-c2csc(/C(C#N)=N/Nc3ccc(Cl)cc3)n2)c1. The van der Waals surface area contributed by atoms with E-state index in [1.54, 1.807) is 31.4 Å². The topological polar surface area (TPSA) is 70.3 Å². The van der Waals surface area contributed by atoms with Crippen LogP contribution >= 0.6 is 22.9 Å². The monoisotopic (exact) mass is 368 g/mol. The number of nitriles is 1. The number of thiazole rings is 1. The number of hydrazone groups is 1. The zero-order valence-electron chi connectivity index (χ0n) is 13.2. The molecule has 0 saturated heterocycles. The van der Waals surface area contributed by atoms with Gasteiger partial charge in [0.1, 0.15) is 11.8 Å². The van der Waals surface area contributed by atoms with Crippen molar-refractivity contribution in [1.29, 1.82) is 5.26 Å². The Morgan fingerprint density at radius 3 is 2.80 bits per heavy atom. The van der Waals surface area contributed by atoms with Crippen LogP contribution in [0.1, 0.15) is 5.01 Å². The predicted molar refractivity (Wildman–Crippen MR) is 101 cm³/mol. The molecule has 0 spiro atoms. The van der Waals surface area contributed by atoms with Crippen LogP contribution in [-0.2, 0) is 0 Å². The fraction of sp³-hybridized carbons (Fsp3) is 0.0556. The molecule has 1 aromatic heterocycles. The number of benzene rings is 2. The van der Waals surface area contributed by atoms with Crippen LogP contribution in [0.25, 0.3) is 11.3 Å². The van der Waals surface area contributed by atoms with Crippen molar-refractivity contribution in [3.05, 3.63) is 63.9 Å². The number of ether oxygens (including phenoxy) is 1. The van der Waals surface area contributed by atoms with Crippen molar-refractivity contribution in [3.8, 4) is 23.1 Å². The van der Waals surface area contributed by atoms with Crippen LogP contribution in [0.5, 0.6) is 5.75 Å². The van der Waals surface area contributed by atoms with Crippen molar-refractivity contribution in [2.45, 2.75) is 0 Å². The second-order valence-electron chi connectivity index (χ2n) is 4.96. The minimum absolute atomic E-state index is 0.217. The van der Waals surface area contributed by atoms with E-state index in [2.05, 4.69) is 21.6 Å². The molecule has 3 rings (SSSR count). The second kappa shape index (κ2) is 7.79. The summed E-state index contributed by atoms with van der Waals surface area (Å²) in [5.41, 5.74) is 5.49. The van der Waals surface area contributed by atoms with Gasteiger partial charge in [0.2, 0.25) is 0 Å². The van der Waals surface area contributed by atoms with Gasteiger partial charge in [-0.2, -0.15) is 10.4 Å². The van der Waals surface area contributed by atoms with Gasteiger partial charge in [0.25, 0.3) is 0 Å². The largest absolute Gasteiger partial charge is 0.497 e. The number of methoxy groups -OCH3 is 1. The molecule has 0 aliphatic heterocycles. The third-order valence-electron chi connectivity index (χ3n) is 3.32. The molecular formula is C18H13ClN4OS. The maximum atomic E-state index is 9.37. The van der Waals surface area contributed by atoms with E-state index in [0.717, 1.165) is 22.7 Å². The Bertz CT molecular complexity index is 944. The molecule has 7 heteroatoms. The molecule has 3 aromatic rings. The molecule has 25 heavy (non-hydrogen) atoms. The fourth-order valence-corrected chi connectivity index (χ4v) is 2.96. The standard InChI is InChI=1S/C18H13ClN4OS/c1-24-15-4-2-3-12(9-15)17-11-25-18(21-17)16(10-20)23-22-14-7-5-13(19)6-8-14/h2-9,11,22H,1H3/b23-16+. The summed E-state index contributed by atoms with van der Waals surface area (Å²) in [6, 6.07) is 16.7. The smallest absolute Gasteiger partial charge is 0.196 e. The average molecular weight is 369 g/mol. The lowest BCUT2D eigenvalue weighted by atomic mass is 10.2. The molecule has 0 unspecified atom stereocenters. The molecular weight excluding hydrogens is 356 g/mol. The summed E-state index contributed by atoms with van der Waals surface area (Å²) in [5.74, 6) is 0.755. The van der Waals surface area contributed by atoms with Gasteiger partial charge in [0, 0.05) is 16.0 Å². The second-order valence-corrected chi connectivity index (χ2v) is 6.26. The third-order valence-corrected chi connectivity index (χ3v) is 4.42. The Labute approximate surface area is 154 Å². The van der Waals surface area contributed by atoms with Gasteiger partial charge >= 0.3 is 0 Å². The predicted octanol–water partition coefficient (Wildman–Crippen LogP) is 4.81. The highest BCUT2D eigenvalue weighted by Crippen LogP contribution is 2.25. The molecule has 2 aromatic carbocycles. The molecule has 5 nitrogen and oxygen atoms in total. The maximum absolute atomic E-state index is 9.37. The van der Waals surface area contributed by atoms with E-state index in [9.17, 15) is 5.26 Å². The summed E-state index contributed by atoms with van der Waals surface area (Å²) in [4.78, 5) is 4.50. The molecule has 0 amide bonds. The quantitative estimate of drug-likeness (QED) is 0.518.